The Kier molecular flexibility index (Phi) is 14.3. The molecule has 4 heterocycles. The molecule has 1 aliphatic heterocycles. The number of rotatable bonds is 18. The monoisotopic (exact) mass is 833 g/mol. The molecular weight excluding hydrogens is 786 g/mol. The van der Waals surface area contributed by atoms with Crippen LogP contribution in [0.3, 0.4) is 0 Å². The maximum absolute atomic E-state index is 13.6. The van der Waals surface area contributed by atoms with Crippen LogP contribution in [0.2, 0.25) is 0 Å². The molecule has 308 valence electrons. The highest BCUT2D eigenvalue weighted by atomic mass is 32.2. The van der Waals surface area contributed by atoms with E-state index in [1.165, 1.54) is 41.6 Å². The van der Waals surface area contributed by atoms with Gasteiger partial charge in [0.25, 0.3) is 0 Å². The summed E-state index contributed by atoms with van der Waals surface area (Å²) in [6, 6.07) is 21.1. The fourth-order valence-corrected chi connectivity index (χ4v) is 9.11. The molecule has 0 bridgehead atoms. The van der Waals surface area contributed by atoms with E-state index in [-0.39, 0.29) is 62.2 Å². The van der Waals surface area contributed by atoms with E-state index in [0.29, 0.717) is 35.1 Å². The van der Waals surface area contributed by atoms with E-state index in [1.807, 2.05) is 41.8 Å². The van der Waals surface area contributed by atoms with Crippen molar-refractivity contribution in [3.05, 3.63) is 107 Å². The first-order chi connectivity index (χ1) is 28.0. The molecule has 1 saturated heterocycles. The molecule has 1 amide bonds. The zero-order valence-electron chi connectivity index (χ0n) is 32.9. The number of hydrogen-bond acceptors (Lipinski definition) is 12. The minimum absolute atomic E-state index is 0.0142. The number of likely N-dealkylation sites (N-methyl/N-ethyl adjacent to an activating group) is 1. The number of ether oxygens (including phenoxy) is 3. The Morgan fingerprint density at radius 1 is 1.07 bits per heavy atom. The van der Waals surface area contributed by atoms with Crippen molar-refractivity contribution in [2.45, 2.75) is 39.1 Å². The minimum Gasteiger partial charge on any atom is -0.497 e. The Labute approximate surface area is 342 Å². The number of carbonyl (C=O) groups excluding carboxylic acids is 2. The van der Waals surface area contributed by atoms with Gasteiger partial charge >= 0.3 is 12.1 Å². The lowest BCUT2D eigenvalue weighted by molar-refractivity contribution is -0.143. The van der Waals surface area contributed by atoms with Gasteiger partial charge in [-0.15, -0.1) is 11.3 Å². The van der Waals surface area contributed by atoms with Crippen LogP contribution in [0.5, 0.6) is 5.75 Å². The van der Waals surface area contributed by atoms with Gasteiger partial charge in [-0.25, -0.2) is 32.3 Å². The molecule has 2 unspecified atom stereocenters. The second-order valence-corrected chi connectivity index (χ2v) is 16.7. The van der Waals surface area contributed by atoms with Crippen LogP contribution < -0.4 is 19.7 Å². The maximum atomic E-state index is 13.6. The minimum atomic E-state index is -3.65. The number of sulfonamides is 1. The number of anilines is 1. The van der Waals surface area contributed by atoms with Crippen LogP contribution in [0.4, 0.5) is 15.0 Å². The lowest BCUT2D eigenvalue weighted by Crippen LogP contribution is -2.33. The highest BCUT2D eigenvalue weighted by Crippen LogP contribution is 2.34. The summed E-state index contributed by atoms with van der Waals surface area (Å²) in [6.45, 7) is 3.24. The average Bonchev–Trinajstić information content (AvgIpc) is 4.00. The number of halogens is 1. The fraction of sp³-hybridized carbons (Fsp3) is 0.366. The van der Waals surface area contributed by atoms with Crippen LogP contribution >= 0.6 is 11.3 Å². The molecule has 14 nitrogen and oxygen atoms in total. The van der Waals surface area contributed by atoms with Crippen LogP contribution in [0, 0.1) is 11.7 Å². The van der Waals surface area contributed by atoms with Gasteiger partial charge in [-0.1, -0.05) is 24.3 Å². The van der Waals surface area contributed by atoms with Crippen molar-refractivity contribution in [2.24, 2.45) is 5.92 Å². The smallest absolute Gasteiger partial charge is 0.416 e. The number of thiophene rings is 1. The molecule has 2 aromatic carbocycles. The average molecular weight is 834 g/mol. The number of hydrogen-bond donors (Lipinski definition) is 2. The Balaban J connectivity index is 1.19. The number of esters is 1. The van der Waals surface area contributed by atoms with Gasteiger partial charge in [0.05, 0.1) is 35.7 Å². The Morgan fingerprint density at radius 2 is 1.84 bits per heavy atom. The number of carbonyl (C=O) groups is 2. The third-order valence-corrected chi connectivity index (χ3v) is 12.4. The van der Waals surface area contributed by atoms with Gasteiger partial charge in [0.15, 0.2) is 12.6 Å². The van der Waals surface area contributed by atoms with E-state index in [2.05, 4.69) is 26.8 Å². The lowest BCUT2D eigenvalue weighted by Gasteiger charge is -2.24. The number of pyridine rings is 1. The van der Waals surface area contributed by atoms with Crippen molar-refractivity contribution in [3.63, 3.8) is 0 Å². The number of nitrogens with zero attached hydrogens (tertiary/aromatic N) is 5. The molecule has 0 aliphatic carbocycles. The van der Waals surface area contributed by atoms with E-state index >= 15 is 0 Å². The molecule has 17 heteroatoms. The summed E-state index contributed by atoms with van der Waals surface area (Å²) in [5.74, 6) is 0.658. The molecule has 1 aliphatic rings. The van der Waals surface area contributed by atoms with E-state index in [4.69, 9.17) is 19.2 Å². The molecule has 2 N–H and O–H groups in total. The van der Waals surface area contributed by atoms with Gasteiger partial charge in [-0.05, 0) is 92.3 Å². The molecule has 6 rings (SSSR count). The quantitative estimate of drug-likeness (QED) is 0.102. The summed E-state index contributed by atoms with van der Waals surface area (Å²) in [6.07, 6.45) is 1.81. The summed E-state index contributed by atoms with van der Waals surface area (Å²) in [4.78, 5) is 39.3. The number of likely N-dealkylation sites (tertiary alicyclic amines) is 1. The topological polar surface area (TPSA) is 157 Å². The first kappa shape index (κ1) is 42.4. The van der Waals surface area contributed by atoms with Crippen molar-refractivity contribution in [3.8, 4) is 27.7 Å². The van der Waals surface area contributed by atoms with Crippen molar-refractivity contribution in [2.75, 3.05) is 58.0 Å². The van der Waals surface area contributed by atoms with Crippen molar-refractivity contribution < 1.29 is 36.6 Å². The first-order valence-corrected chi connectivity index (χ1v) is 21.4. The van der Waals surface area contributed by atoms with Crippen molar-refractivity contribution in [1.29, 1.82) is 0 Å². The lowest BCUT2D eigenvalue weighted by atomic mass is 10.1. The third-order valence-electron chi connectivity index (χ3n) is 9.99. The normalized spacial score (nSPS) is 14.9. The number of aromatic nitrogens is 3. The first-order valence-electron chi connectivity index (χ1n) is 18.9. The number of methoxy groups -OCH3 is 1. The van der Waals surface area contributed by atoms with E-state index in [9.17, 15) is 22.4 Å². The molecular formula is C41H48FN7O7S2. The number of amides is 1. The van der Waals surface area contributed by atoms with Crippen LogP contribution in [-0.2, 0) is 44.1 Å². The van der Waals surface area contributed by atoms with Gasteiger partial charge in [-0.3, -0.25) is 19.2 Å². The second-order valence-electron chi connectivity index (χ2n) is 13.9. The Bertz CT molecular complexity index is 2250. The molecule has 5 aromatic rings. The number of nitrogens with one attached hydrogen (secondary N) is 2. The summed E-state index contributed by atoms with van der Waals surface area (Å²) in [5.41, 5.74) is 3.52. The zero-order valence-corrected chi connectivity index (χ0v) is 34.5. The Hall–Kier alpha value is -5.20. The van der Waals surface area contributed by atoms with Crippen LogP contribution in [0.15, 0.2) is 84.4 Å². The fourth-order valence-electron chi connectivity index (χ4n) is 6.97. The van der Waals surface area contributed by atoms with Crippen LogP contribution in [-0.4, -0.2) is 93.1 Å². The standard InChI is InChI=1S/C41H48FN7O7S2/c1-28(30-9-13-33(42)14-10-30)48-21-18-29(24-48)26-58(52,53)45-20-17-35-38(31-11-15-34(54-4)16-12-31)49(40(46-35)36-8-6-22-57-36)27-56-41(51)47(3)39-32(7-5-19-44-39)25-55-37(50)23-43-2/h5-16,19,22,28-29,43,45H,17-18,20-21,23-27H2,1-4H3. The van der Waals surface area contributed by atoms with Crippen molar-refractivity contribution in [1.82, 2.24) is 29.5 Å². The summed E-state index contributed by atoms with van der Waals surface area (Å²) in [5, 5.41) is 4.67. The van der Waals surface area contributed by atoms with E-state index in [0.717, 1.165) is 29.0 Å². The zero-order chi connectivity index (χ0) is 41.2. The molecule has 0 spiro atoms. The van der Waals surface area contributed by atoms with Crippen molar-refractivity contribution >= 4 is 39.2 Å². The van der Waals surface area contributed by atoms with Gasteiger partial charge < -0.3 is 19.5 Å². The van der Waals surface area contributed by atoms with Crippen LogP contribution in [0.25, 0.3) is 22.0 Å². The van der Waals surface area contributed by atoms with Gasteiger partial charge in [0, 0.05) is 49.9 Å². The number of benzene rings is 2. The molecule has 58 heavy (non-hydrogen) atoms. The SMILES string of the molecule is CNCC(=O)OCc1cccnc1N(C)C(=O)OCn1c(-c2cccs2)nc(CCNS(=O)(=O)CC2CCN(C(C)c3ccc(F)cc3)C2)c1-c1ccc(OC)cc1. The van der Waals surface area contributed by atoms with Gasteiger partial charge in [0.1, 0.15) is 24.0 Å². The number of imidazole rings is 1. The molecule has 2 atom stereocenters. The summed E-state index contributed by atoms with van der Waals surface area (Å²) >= 11 is 1.47. The summed E-state index contributed by atoms with van der Waals surface area (Å²) in [7, 11) is 1.09. The summed E-state index contributed by atoms with van der Waals surface area (Å²) < 4.78 is 61.6. The Morgan fingerprint density at radius 3 is 2.55 bits per heavy atom. The highest BCUT2D eigenvalue weighted by molar-refractivity contribution is 7.89. The predicted molar refractivity (Wildman–Crippen MR) is 220 cm³/mol. The molecule has 0 radical (unpaired) electrons. The maximum Gasteiger partial charge on any atom is 0.416 e. The highest BCUT2D eigenvalue weighted by Gasteiger charge is 2.31. The van der Waals surface area contributed by atoms with E-state index < -0.39 is 22.1 Å². The predicted octanol–water partition coefficient (Wildman–Crippen LogP) is 5.86. The molecule has 1 fully saturated rings. The molecule has 3 aromatic heterocycles. The van der Waals surface area contributed by atoms with Gasteiger partial charge in [0.2, 0.25) is 10.0 Å². The van der Waals surface area contributed by atoms with Gasteiger partial charge in [-0.2, -0.15) is 0 Å². The second kappa shape index (κ2) is 19.5. The third kappa shape index (κ3) is 10.6. The van der Waals surface area contributed by atoms with E-state index in [1.54, 1.807) is 43.0 Å². The largest absolute Gasteiger partial charge is 0.497 e. The molecule has 0 saturated carbocycles. The van der Waals surface area contributed by atoms with Crippen LogP contribution in [0.1, 0.15) is 36.2 Å².